The number of rotatable bonds is 4. The minimum Gasteiger partial charge on any atom is -0.309 e. The lowest BCUT2D eigenvalue weighted by Crippen LogP contribution is -2.40. The predicted octanol–water partition coefficient (Wildman–Crippen LogP) is 8.82. The molecule has 180 valence electrons. The smallest absolute Gasteiger partial charge is 0.0805 e. The largest absolute Gasteiger partial charge is 0.309 e. The average Bonchev–Trinajstić information content (AvgIpc) is 3.46. The standard InChI is InChI=1S/C34H30N2Si/c1-4-37(2,3)26-22-24(35-31-17-9-5-13-27(31)28-14-6-10-18-32(28)35)21-25(23-26)36-33-19-11-7-15-29(33)30-16-8-12-20-34(30)36/h5-23H,4H2,1-3H3. The highest BCUT2D eigenvalue weighted by Gasteiger charge is 2.24. The molecule has 0 saturated carbocycles. The van der Waals surface area contributed by atoms with Gasteiger partial charge < -0.3 is 9.13 Å². The van der Waals surface area contributed by atoms with E-state index in [9.17, 15) is 0 Å². The molecule has 5 aromatic carbocycles. The first kappa shape index (κ1) is 22.1. The Kier molecular flexibility index (Phi) is 4.92. The first-order valence-electron chi connectivity index (χ1n) is 13.2. The van der Waals surface area contributed by atoms with Gasteiger partial charge in [0.25, 0.3) is 0 Å². The first-order chi connectivity index (χ1) is 18.1. The van der Waals surface area contributed by atoms with Crippen molar-refractivity contribution < 1.29 is 0 Å². The quantitative estimate of drug-likeness (QED) is 0.216. The zero-order chi connectivity index (χ0) is 25.1. The van der Waals surface area contributed by atoms with Crippen LogP contribution in [0.1, 0.15) is 6.92 Å². The summed E-state index contributed by atoms with van der Waals surface area (Å²) in [6, 6.07) is 43.7. The lowest BCUT2D eigenvalue weighted by Gasteiger charge is -2.24. The summed E-state index contributed by atoms with van der Waals surface area (Å²) in [7, 11) is -1.64. The Bertz CT molecular complexity index is 1720. The number of benzene rings is 5. The molecule has 0 aliphatic rings. The second-order valence-corrected chi connectivity index (χ2v) is 15.8. The molecule has 0 saturated heterocycles. The summed E-state index contributed by atoms with van der Waals surface area (Å²) in [5, 5.41) is 6.69. The van der Waals surface area contributed by atoms with E-state index < -0.39 is 8.07 Å². The third-order valence-corrected chi connectivity index (χ3v) is 11.9. The number of hydrogen-bond donors (Lipinski definition) is 0. The number of aromatic nitrogens is 2. The summed E-state index contributed by atoms with van der Waals surface area (Å²) < 4.78 is 4.93. The molecule has 0 N–H and O–H groups in total. The molecule has 0 radical (unpaired) electrons. The van der Waals surface area contributed by atoms with Crippen LogP contribution >= 0.6 is 0 Å². The third-order valence-electron chi connectivity index (χ3n) is 8.24. The van der Waals surface area contributed by atoms with Crippen molar-refractivity contribution in [3.05, 3.63) is 115 Å². The highest BCUT2D eigenvalue weighted by atomic mass is 28.3. The molecule has 0 amide bonds. The molecule has 0 spiro atoms. The fourth-order valence-electron chi connectivity index (χ4n) is 5.85. The molecule has 37 heavy (non-hydrogen) atoms. The minimum absolute atomic E-state index is 1.20. The lowest BCUT2D eigenvalue weighted by molar-refractivity contribution is 1.14. The molecule has 0 bridgehead atoms. The van der Waals surface area contributed by atoms with Crippen LogP contribution in [0.4, 0.5) is 0 Å². The van der Waals surface area contributed by atoms with Gasteiger partial charge in [-0.3, -0.25) is 0 Å². The van der Waals surface area contributed by atoms with Gasteiger partial charge in [-0.2, -0.15) is 0 Å². The molecular weight excluding hydrogens is 464 g/mol. The van der Waals surface area contributed by atoms with Gasteiger partial charge in [-0.05, 0) is 42.5 Å². The second kappa shape index (κ2) is 8.22. The molecule has 2 heterocycles. The van der Waals surface area contributed by atoms with Crippen molar-refractivity contribution in [3.63, 3.8) is 0 Å². The van der Waals surface area contributed by atoms with Crippen molar-refractivity contribution in [2.45, 2.75) is 26.1 Å². The summed E-state index contributed by atoms with van der Waals surface area (Å²) in [6.07, 6.45) is 0. The van der Waals surface area contributed by atoms with Gasteiger partial charge in [0.05, 0.1) is 30.1 Å². The van der Waals surface area contributed by atoms with Crippen molar-refractivity contribution >= 4 is 56.9 Å². The maximum atomic E-state index is 2.49. The van der Waals surface area contributed by atoms with Crippen LogP contribution in [0.3, 0.4) is 0 Å². The first-order valence-corrected chi connectivity index (χ1v) is 16.4. The summed E-state index contributed by atoms with van der Waals surface area (Å²) in [4.78, 5) is 0. The Labute approximate surface area is 218 Å². The van der Waals surface area contributed by atoms with Crippen LogP contribution in [0.2, 0.25) is 19.1 Å². The third kappa shape index (κ3) is 3.31. The van der Waals surface area contributed by atoms with E-state index in [0.717, 1.165) is 0 Å². The molecule has 0 aliphatic carbocycles. The zero-order valence-corrected chi connectivity index (χ0v) is 22.6. The molecule has 0 atom stereocenters. The van der Waals surface area contributed by atoms with Gasteiger partial charge in [-0.1, -0.05) is 104 Å². The van der Waals surface area contributed by atoms with Gasteiger partial charge in [0.1, 0.15) is 0 Å². The van der Waals surface area contributed by atoms with Crippen molar-refractivity contribution in [1.82, 2.24) is 9.13 Å². The van der Waals surface area contributed by atoms with E-state index in [0.29, 0.717) is 0 Å². The number of hydrogen-bond acceptors (Lipinski definition) is 0. The van der Waals surface area contributed by atoms with Gasteiger partial charge in [-0.25, -0.2) is 0 Å². The van der Waals surface area contributed by atoms with Gasteiger partial charge >= 0.3 is 0 Å². The topological polar surface area (TPSA) is 9.86 Å². The molecule has 0 unspecified atom stereocenters. The number of nitrogens with zero attached hydrogens (tertiary/aromatic N) is 2. The van der Waals surface area contributed by atoms with E-state index in [1.807, 2.05) is 0 Å². The molecule has 3 heteroatoms. The molecule has 0 fully saturated rings. The Balaban J connectivity index is 1.62. The molecule has 7 aromatic rings. The summed E-state index contributed by atoms with van der Waals surface area (Å²) in [5.74, 6) is 0. The average molecular weight is 495 g/mol. The maximum Gasteiger partial charge on any atom is 0.0805 e. The molecule has 0 aliphatic heterocycles. The normalized spacial score (nSPS) is 12.3. The van der Waals surface area contributed by atoms with E-state index in [1.165, 1.54) is 66.2 Å². The summed E-state index contributed by atoms with van der Waals surface area (Å²) in [6.45, 7) is 7.33. The SMILES string of the molecule is CC[Si](C)(C)c1cc(-n2c3ccccc3c3ccccc32)cc(-n2c3ccccc3c3ccccc32)c1. The molecule has 7 rings (SSSR count). The van der Waals surface area contributed by atoms with Gasteiger partial charge in [-0.15, -0.1) is 0 Å². The fraction of sp³-hybridized carbons (Fsp3) is 0.118. The van der Waals surface area contributed by atoms with Crippen LogP contribution in [0.15, 0.2) is 115 Å². The van der Waals surface area contributed by atoms with Crippen molar-refractivity contribution in [2.75, 3.05) is 0 Å². The lowest BCUT2D eigenvalue weighted by atomic mass is 10.2. The summed E-state index contributed by atoms with van der Waals surface area (Å²) in [5.41, 5.74) is 7.49. The Morgan fingerprint density at radius 3 is 1.14 bits per heavy atom. The Morgan fingerprint density at radius 2 is 0.811 bits per heavy atom. The van der Waals surface area contributed by atoms with E-state index in [-0.39, 0.29) is 0 Å². The minimum atomic E-state index is -1.64. The van der Waals surface area contributed by atoms with Crippen molar-refractivity contribution in [2.24, 2.45) is 0 Å². The van der Waals surface area contributed by atoms with E-state index >= 15 is 0 Å². The summed E-state index contributed by atoms with van der Waals surface area (Å²) >= 11 is 0. The molecule has 2 nitrogen and oxygen atoms in total. The predicted molar refractivity (Wildman–Crippen MR) is 163 cm³/mol. The monoisotopic (exact) mass is 494 g/mol. The van der Waals surface area contributed by atoms with Crippen LogP contribution in [-0.4, -0.2) is 17.2 Å². The van der Waals surface area contributed by atoms with Crippen LogP contribution in [0.25, 0.3) is 55.0 Å². The van der Waals surface area contributed by atoms with E-state index in [1.54, 1.807) is 0 Å². The second-order valence-electron chi connectivity index (χ2n) is 10.7. The van der Waals surface area contributed by atoms with Crippen molar-refractivity contribution in [3.8, 4) is 11.4 Å². The number of fused-ring (bicyclic) bond motifs is 6. The maximum absolute atomic E-state index is 2.49. The van der Waals surface area contributed by atoms with Gasteiger partial charge in [0, 0.05) is 32.9 Å². The van der Waals surface area contributed by atoms with Crippen LogP contribution in [0, 0.1) is 0 Å². The number of para-hydroxylation sites is 4. The highest BCUT2D eigenvalue weighted by Crippen LogP contribution is 2.35. The highest BCUT2D eigenvalue weighted by molar-refractivity contribution is 6.89. The molecular formula is C34H30N2Si. The van der Waals surface area contributed by atoms with Crippen LogP contribution < -0.4 is 5.19 Å². The zero-order valence-electron chi connectivity index (χ0n) is 21.6. The Hall–Kier alpha value is -4.08. The molecule has 2 aromatic heterocycles. The van der Waals surface area contributed by atoms with Crippen molar-refractivity contribution in [1.29, 1.82) is 0 Å². The van der Waals surface area contributed by atoms with Crippen LogP contribution in [-0.2, 0) is 0 Å². The van der Waals surface area contributed by atoms with E-state index in [2.05, 4.69) is 144 Å². The van der Waals surface area contributed by atoms with Gasteiger partial charge in [0.15, 0.2) is 0 Å². The van der Waals surface area contributed by atoms with E-state index in [4.69, 9.17) is 0 Å². The van der Waals surface area contributed by atoms with Crippen LogP contribution in [0.5, 0.6) is 0 Å². The fourth-order valence-corrected chi connectivity index (χ4v) is 7.34. The Morgan fingerprint density at radius 1 is 0.486 bits per heavy atom. The van der Waals surface area contributed by atoms with Gasteiger partial charge in [0.2, 0.25) is 0 Å².